The molecule has 0 bridgehead atoms. The van der Waals surface area contributed by atoms with Crippen LogP contribution in [0, 0.1) is 0 Å². The third-order valence-corrected chi connectivity index (χ3v) is 5.97. The molecule has 1 N–H and O–H groups in total. The number of benzene rings is 1. The Labute approximate surface area is 178 Å². The van der Waals surface area contributed by atoms with Gasteiger partial charge in [0.1, 0.15) is 0 Å². The summed E-state index contributed by atoms with van der Waals surface area (Å²) in [5.74, 6) is 0.142. The van der Waals surface area contributed by atoms with Crippen LogP contribution in [0.15, 0.2) is 41.7 Å². The molecule has 8 heteroatoms. The van der Waals surface area contributed by atoms with E-state index in [1.54, 1.807) is 6.20 Å². The van der Waals surface area contributed by atoms with Gasteiger partial charge >= 0.3 is 0 Å². The van der Waals surface area contributed by atoms with Gasteiger partial charge in [-0.05, 0) is 36.6 Å². The van der Waals surface area contributed by atoms with Crippen molar-refractivity contribution < 1.29 is 4.79 Å². The first-order chi connectivity index (χ1) is 13.6. The molecule has 0 saturated heterocycles. The van der Waals surface area contributed by atoms with Gasteiger partial charge in [-0.25, -0.2) is 15.0 Å². The molecule has 146 valence electrons. The van der Waals surface area contributed by atoms with Crippen LogP contribution in [0.3, 0.4) is 0 Å². The molecule has 1 aromatic carbocycles. The largest absolute Gasteiger partial charge is 0.301 e. The fourth-order valence-corrected chi connectivity index (χ4v) is 4.18. The number of halogens is 1. The van der Waals surface area contributed by atoms with E-state index in [0.717, 1.165) is 46.1 Å². The number of hydrogen-bond acceptors (Lipinski definition) is 6. The molecular formula is C20H21ClN4OS2. The number of aryl methyl sites for hydroxylation is 2. The molecule has 0 atom stereocenters. The Morgan fingerprint density at radius 1 is 1.14 bits per heavy atom. The number of thioether (sulfide) groups is 1. The molecule has 5 nitrogen and oxygen atoms in total. The number of hydrogen-bond donors (Lipinski definition) is 1. The lowest BCUT2D eigenvalue weighted by Gasteiger charge is -2.05. The first-order valence-corrected chi connectivity index (χ1v) is 11.2. The monoisotopic (exact) mass is 432 g/mol. The molecule has 0 saturated carbocycles. The maximum Gasteiger partial charge on any atom is 0.236 e. The molecule has 0 radical (unpaired) electrons. The predicted molar refractivity (Wildman–Crippen MR) is 117 cm³/mol. The summed E-state index contributed by atoms with van der Waals surface area (Å²) in [6.45, 7) is 4.13. The molecule has 1 amide bonds. The van der Waals surface area contributed by atoms with Gasteiger partial charge in [0.25, 0.3) is 0 Å². The van der Waals surface area contributed by atoms with Gasteiger partial charge in [-0.2, -0.15) is 0 Å². The van der Waals surface area contributed by atoms with E-state index in [4.69, 9.17) is 11.6 Å². The lowest BCUT2D eigenvalue weighted by Crippen LogP contribution is -2.14. The molecular weight excluding hydrogens is 412 g/mol. The van der Waals surface area contributed by atoms with Gasteiger partial charge in [-0.1, -0.05) is 49.3 Å². The maximum atomic E-state index is 12.3. The SMILES string of the molecule is CCc1cc(CC)nc(SCC(=O)Nc2ncc(Cc3ccc(Cl)cc3)s2)n1. The zero-order valence-corrected chi connectivity index (χ0v) is 18.1. The van der Waals surface area contributed by atoms with Crippen LogP contribution in [0.4, 0.5) is 5.13 Å². The molecule has 0 fully saturated rings. The van der Waals surface area contributed by atoms with Crippen LogP contribution in [0.5, 0.6) is 0 Å². The smallest absolute Gasteiger partial charge is 0.236 e. The summed E-state index contributed by atoms with van der Waals surface area (Å²) in [4.78, 5) is 26.6. The van der Waals surface area contributed by atoms with Gasteiger partial charge in [-0.15, -0.1) is 11.3 Å². The summed E-state index contributed by atoms with van der Waals surface area (Å²) in [6, 6.07) is 9.74. The third kappa shape index (κ3) is 6.02. The second-order valence-electron chi connectivity index (χ2n) is 6.11. The normalized spacial score (nSPS) is 10.8. The van der Waals surface area contributed by atoms with Crippen LogP contribution in [0.2, 0.25) is 5.02 Å². The minimum atomic E-state index is -0.110. The van der Waals surface area contributed by atoms with Crippen molar-refractivity contribution in [1.82, 2.24) is 15.0 Å². The molecule has 3 rings (SSSR count). The Morgan fingerprint density at radius 2 is 1.82 bits per heavy atom. The Bertz CT molecular complexity index is 921. The summed E-state index contributed by atoms with van der Waals surface area (Å²) in [5, 5.41) is 4.83. The molecule has 0 unspecified atom stereocenters. The number of carbonyl (C=O) groups is 1. The molecule has 0 aliphatic heterocycles. The summed E-state index contributed by atoms with van der Waals surface area (Å²) in [5.41, 5.74) is 3.16. The number of thiazole rings is 1. The second kappa shape index (κ2) is 10.0. The molecule has 0 aliphatic carbocycles. The van der Waals surface area contributed by atoms with Gasteiger partial charge in [-0.3, -0.25) is 4.79 Å². The van der Waals surface area contributed by atoms with Crippen LogP contribution in [0.1, 0.15) is 35.7 Å². The Hall–Kier alpha value is -1.96. The number of nitrogens with zero attached hydrogens (tertiary/aromatic N) is 3. The van der Waals surface area contributed by atoms with E-state index in [1.807, 2.05) is 30.3 Å². The van der Waals surface area contributed by atoms with Crippen molar-refractivity contribution in [3.05, 3.63) is 63.4 Å². The molecule has 2 heterocycles. The highest BCUT2D eigenvalue weighted by Gasteiger charge is 2.10. The summed E-state index contributed by atoms with van der Waals surface area (Å²) in [6.07, 6.45) is 4.26. The average Bonchev–Trinajstić information content (AvgIpc) is 3.14. The summed E-state index contributed by atoms with van der Waals surface area (Å²) >= 11 is 8.74. The van der Waals surface area contributed by atoms with Crippen LogP contribution < -0.4 is 5.32 Å². The summed E-state index contributed by atoms with van der Waals surface area (Å²) in [7, 11) is 0. The topological polar surface area (TPSA) is 67.8 Å². The molecule has 28 heavy (non-hydrogen) atoms. The lowest BCUT2D eigenvalue weighted by molar-refractivity contribution is -0.113. The molecule has 2 aromatic heterocycles. The number of aromatic nitrogens is 3. The maximum absolute atomic E-state index is 12.3. The zero-order valence-electron chi connectivity index (χ0n) is 15.7. The van der Waals surface area contributed by atoms with Crippen molar-refractivity contribution in [2.75, 3.05) is 11.1 Å². The molecule has 0 aliphatic rings. The first-order valence-electron chi connectivity index (χ1n) is 9.04. The highest BCUT2D eigenvalue weighted by molar-refractivity contribution is 7.99. The Kier molecular flexibility index (Phi) is 7.42. The van der Waals surface area contributed by atoms with E-state index in [2.05, 4.69) is 34.1 Å². The second-order valence-corrected chi connectivity index (χ2v) is 8.61. The molecule has 0 spiro atoms. The fraction of sp³-hybridized carbons (Fsp3) is 0.300. The van der Waals surface area contributed by atoms with E-state index >= 15 is 0 Å². The van der Waals surface area contributed by atoms with Crippen LogP contribution in [-0.2, 0) is 24.1 Å². The Morgan fingerprint density at radius 3 is 2.46 bits per heavy atom. The van der Waals surface area contributed by atoms with Crippen molar-refractivity contribution in [3.63, 3.8) is 0 Å². The fourth-order valence-electron chi connectivity index (χ4n) is 2.49. The number of amides is 1. The van der Waals surface area contributed by atoms with Crippen molar-refractivity contribution in [3.8, 4) is 0 Å². The average molecular weight is 433 g/mol. The van der Waals surface area contributed by atoms with Crippen LogP contribution in [0.25, 0.3) is 0 Å². The standard InChI is InChI=1S/C20H21ClN4OS2/c1-3-15-10-16(4-2)24-20(23-15)27-12-18(26)25-19-22-11-17(28-19)9-13-5-7-14(21)8-6-13/h5-8,10-11H,3-4,9,12H2,1-2H3,(H,22,25,26). The summed E-state index contributed by atoms with van der Waals surface area (Å²) < 4.78 is 0. The minimum absolute atomic E-state index is 0.110. The van der Waals surface area contributed by atoms with Gasteiger partial charge in [0.05, 0.1) is 5.75 Å². The minimum Gasteiger partial charge on any atom is -0.301 e. The first kappa shape index (κ1) is 20.8. The van der Waals surface area contributed by atoms with Crippen molar-refractivity contribution in [2.45, 2.75) is 38.3 Å². The highest BCUT2D eigenvalue weighted by Crippen LogP contribution is 2.23. The van der Waals surface area contributed by atoms with Crippen LogP contribution in [-0.4, -0.2) is 26.6 Å². The lowest BCUT2D eigenvalue weighted by atomic mass is 10.1. The number of anilines is 1. The van der Waals surface area contributed by atoms with Gasteiger partial charge in [0.2, 0.25) is 5.91 Å². The number of rotatable bonds is 8. The highest BCUT2D eigenvalue weighted by atomic mass is 35.5. The Balaban J connectivity index is 1.54. The number of nitrogens with one attached hydrogen (secondary N) is 1. The van der Waals surface area contributed by atoms with Crippen molar-refractivity contribution >= 4 is 45.7 Å². The predicted octanol–water partition coefficient (Wildman–Crippen LogP) is 5.03. The van der Waals surface area contributed by atoms with Crippen molar-refractivity contribution in [1.29, 1.82) is 0 Å². The number of carbonyl (C=O) groups excluding carboxylic acids is 1. The quantitative estimate of drug-likeness (QED) is 0.399. The van der Waals surface area contributed by atoms with Gasteiger partial charge < -0.3 is 5.32 Å². The van der Waals surface area contributed by atoms with E-state index in [1.165, 1.54) is 23.1 Å². The van der Waals surface area contributed by atoms with E-state index in [9.17, 15) is 4.79 Å². The van der Waals surface area contributed by atoms with Crippen molar-refractivity contribution in [2.24, 2.45) is 0 Å². The van der Waals surface area contributed by atoms with Crippen LogP contribution >= 0.6 is 34.7 Å². The van der Waals surface area contributed by atoms with E-state index < -0.39 is 0 Å². The van der Waals surface area contributed by atoms with Gasteiger partial charge in [0.15, 0.2) is 10.3 Å². The molecule has 3 aromatic rings. The zero-order chi connectivity index (χ0) is 19.9. The van der Waals surface area contributed by atoms with E-state index in [-0.39, 0.29) is 11.7 Å². The van der Waals surface area contributed by atoms with Gasteiger partial charge in [0, 0.05) is 33.9 Å². The van der Waals surface area contributed by atoms with E-state index in [0.29, 0.717) is 10.3 Å². The third-order valence-electron chi connectivity index (χ3n) is 3.96.